The van der Waals surface area contributed by atoms with Crippen molar-refractivity contribution in [1.82, 2.24) is 19.9 Å². The molecule has 0 bridgehead atoms. The van der Waals surface area contributed by atoms with Crippen LogP contribution in [-0.4, -0.2) is 37.8 Å². The van der Waals surface area contributed by atoms with Gasteiger partial charge in [0.25, 0.3) is 0 Å². The molecule has 2 aromatic heterocycles. The van der Waals surface area contributed by atoms with Gasteiger partial charge in [0.1, 0.15) is 23.0 Å². The van der Waals surface area contributed by atoms with Crippen molar-refractivity contribution in [1.29, 1.82) is 0 Å². The Morgan fingerprint density at radius 2 is 2.07 bits per heavy atom. The Balaban J connectivity index is 1.39. The van der Waals surface area contributed by atoms with Crippen molar-refractivity contribution in [2.75, 3.05) is 0 Å². The average molecular weight is 359 g/mol. The van der Waals surface area contributed by atoms with E-state index in [1.54, 1.807) is 18.5 Å². The molecule has 134 valence electrons. The number of benzene rings is 1. The third-order valence-corrected chi connectivity index (χ3v) is 5.28. The van der Waals surface area contributed by atoms with Crippen molar-refractivity contribution in [3.8, 4) is 0 Å². The summed E-state index contributed by atoms with van der Waals surface area (Å²) in [5.74, 6) is 1.32. The summed E-state index contributed by atoms with van der Waals surface area (Å²) in [5.41, 5.74) is 2.40. The number of fused-ring (bicyclic) bond motifs is 4. The Labute approximate surface area is 156 Å². The van der Waals surface area contributed by atoms with E-state index >= 15 is 0 Å². The number of pyridine rings is 1. The van der Waals surface area contributed by atoms with Crippen molar-refractivity contribution >= 4 is 22.8 Å². The van der Waals surface area contributed by atoms with E-state index in [9.17, 15) is 4.39 Å². The molecule has 2 aliphatic rings. The standard InChI is InChI=1S/C21H18FN5/c1-13-17(25-21-15-5-3-10-23-18(15)9-11-27(13)21)7-8-19-24-12-14-4-2-6-16(22)20(14)26-19/h2-6,9-13,17H,7-8H2,1H3. The maximum Gasteiger partial charge on any atom is 0.149 e. The minimum absolute atomic E-state index is 0.135. The minimum atomic E-state index is -0.308. The van der Waals surface area contributed by atoms with Gasteiger partial charge >= 0.3 is 0 Å². The number of aliphatic imine (C=N–C) groups is 1. The van der Waals surface area contributed by atoms with Gasteiger partial charge in [-0.1, -0.05) is 12.1 Å². The summed E-state index contributed by atoms with van der Waals surface area (Å²) in [4.78, 5) is 20.4. The summed E-state index contributed by atoms with van der Waals surface area (Å²) in [6, 6.07) is 9.31. The highest BCUT2D eigenvalue weighted by atomic mass is 19.1. The van der Waals surface area contributed by atoms with Gasteiger partial charge < -0.3 is 4.90 Å². The monoisotopic (exact) mass is 359 g/mol. The Morgan fingerprint density at radius 1 is 1.15 bits per heavy atom. The predicted octanol–water partition coefficient (Wildman–Crippen LogP) is 3.60. The predicted molar refractivity (Wildman–Crippen MR) is 103 cm³/mol. The minimum Gasteiger partial charge on any atom is -0.328 e. The number of aromatic nitrogens is 3. The quantitative estimate of drug-likeness (QED) is 0.717. The fourth-order valence-electron chi connectivity index (χ4n) is 3.77. The fraction of sp³-hybridized carbons (Fsp3) is 0.238. The van der Waals surface area contributed by atoms with E-state index in [1.165, 1.54) is 6.07 Å². The Morgan fingerprint density at radius 3 is 3.00 bits per heavy atom. The highest BCUT2D eigenvalue weighted by Gasteiger charge is 2.34. The first-order valence-corrected chi connectivity index (χ1v) is 9.10. The number of para-hydroxylation sites is 1. The molecule has 27 heavy (non-hydrogen) atoms. The van der Waals surface area contributed by atoms with Crippen molar-refractivity contribution in [3.05, 3.63) is 71.8 Å². The number of aryl methyl sites for hydroxylation is 1. The summed E-state index contributed by atoms with van der Waals surface area (Å²) in [6.07, 6.45) is 9.05. The van der Waals surface area contributed by atoms with Crippen LogP contribution in [0.15, 0.2) is 53.9 Å². The molecule has 0 saturated carbocycles. The smallest absolute Gasteiger partial charge is 0.149 e. The van der Waals surface area contributed by atoms with E-state index in [0.29, 0.717) is 17.8 Å². The summed E-state index contributed by atoms with van der Waals surface area (Å²) in [6.45, 7) is 2.17. The van der Waals surface area contributed by atoms with E-state index in [4.69, 9.17) is 4.99 Å². The number of nitrogens with zero attached hydrogens (tertiary/aromatic N) is 5. The summed E-state index contributed by atoms with van der Waals surface area (Å²) >= 11 is 0. The first-order valence-electron chi connectivity index (χ1n) is 9.10. The lowest BCUT2D eigenvalue weighted by molar-refractivity contribution is 0.391. The van der Waals surface area contributed by atoms with Crippen molar-refractivity contribution in [2.45, 2.75) is 31.8 Å². The molecule has 1 aromatic carbocycles. The van der Waals surface area contributed by atoms with Crippen molar-refractivity contribution in [3.63, 3.8) is 0 Å². The van der Waals surface area contributed by atoms with Crippen LogP contribution in [-0.2, 0) is 6.42 Å². The van der Waals surface area contributed by atoms with E-state index in [-0.39, 0.29) is 17.9 Å². The molecule has 2 atom stereocenters. The molecule has 6 heteroatoms. The second-order valence-corrected chi connectivity index (χ2v) is 6.92. The Kier molecular flexibility index (Phi) is 3.70. The maximum absolute atomic E-state index is 14.0. The van der Waals surface area contributed by atoms with Crippen LogP contribution in [0.1, 0.15) is 30.4 Å². The third-order valence-electron chi connectivity index (χ3n) is 5.28. The van der Waals surface area contributed by atoms with Gasteiger partial charge in [0.15, 0.2) is 0 Å². The second kappa shape index (κ2) is 6.23. The van der Waals surface area contributed by atoms with Gasteiger partial charge in [0.2, 0.25) is 0 Å². The zero-order valence-electron chi connectivity index (χ0n) is 14.9. The van der Waals surface area contributed by atoms with Crippen LogP contribution >= 0.6 is 0 Å². The molecule has 0 fully saturated rings. The molecule has 3 aromatic rings. The first-order chi connectivity index (χ1) is 13.2. The van der Waals surface area contributed by atoms with Crippen LogP contribution in [0.3, 0.4) is 0 Å². The Hall–Kier alpha value is -3.15. The molecular formula is C21H18FN5. The van der Waals surface area contributed by atoms with E-state index in [0.717, 1.165) is 28.9 Å². The number of amidine groups is 1. The van der Waals surface area contributed by atoms with Crippen LogP contribution in [0, 0.1) is 5.82 Å². The molecule has 0 aliphatic carbocycles. The van der Waals surface area contributed by atoms with E-state index in [1.807, 2.05) is 18.2 Å². The highest BCUT2D eigenvalue weighted by molar-refractivity contribution is 6.05. The number of hydrogen-bond donors (Lipinski definition) is 0. The van der Waals surface area contributed by atoms with Crippen LogP contribution in [0.4, 0.5) is 4.39 Å². The van der Waals surface area contributed by atoms with Crippen LogP contribution in [0.2, 0.25) is 0 Å². The van der Waals surface area contributed by atoms with Gasteiger partial charge in [-0.15, -0.1) is 0 Å². The lowest BCUT2D eigenvalue weighted by Crippen LogP contribution is -2.35. The van der Waals surface area contributed by atoms with Gasteiger partial charge in [-0.05, 0) is 37.6 Å². The van der Waals surface area contributed by atoms with Gasteiger partial charge in [-0.2, -0.15) is 0 Å². The van der Waals surface area contributed by atoms with Crippen LogP contribution in [0.25, 0.3) is 17.0 Å². The molecule has 0 amide bonds. The zero-order valence-corrected chi connectivity index (χ0v) is 14.9. The van der Waals surface area contributed by atoms with Crippen molar-refractivity contribution < 1.29 is 4.39 Å². The summed E-state index contributed by atoms with van der Waals surface area (Å²) in [7, 11) is 0. The summed E-state index contributed by atoms with van der Waals surface area (Å²) in [5, 5.41) is 0.722. The maximum atomic E-state index is 14.0. The normalized spacial score (nSPS) is 20.5. The Bertz CT molecular complexity index is 1090. The van der Waals surface area contributed by atoms with E-state index < -0.39 is 0 Å². The van der Waals surface area contributed by atoms with E-state index in [2.05, 4.69) is 39.0 Å². The fourth-order valence-corrected chi connectivity index (χ4v) is 3.77. The first kappa shape index (κ1) is 16.1. The zero-order chi connectivity index (χ0) is 18.4. The number of rotatable bonds is 3. The second-order valence-electron chi connectivity index (χ2n) is 6.92. The topological polar surface area (TPSA) is 54.3 Å². The molecule has 2 unspecified atom stereocenters. The van der Waals surface area contributed by atoms with Gasteiger partial charge in [0, 0.05) is 36.0 Å². The molecule has 5 nitrogen and oxygen atoms in total. The SMILES string of the molecule is CC1C(CCc2ncc3cccc(F)c3n2)N=C2c3cccnc3C=CN21. The molecule has 0 spiro atoms. The van der Waals surface area contributed by atoms with Gasteiger partial charge in [-0.3, -0.25) is 9.98 Å². The number of halogens is 1. The highest BCUT2D eigenvalue weighted by Crippen LogP contribution is 2.29. The van der Waals surface area contributed by atoms with Gasteiger partial charge in [-0.25, -0.2) is 14.4 Å². The van der Waals surface area contributed by atoms with Crippen LogP contribution < -0.4 is 0 Å². The van der Waals surface area contributed by atoms with Crippen LogP contribution in [0.5, 0.6) is 0 Å². The number of hydrogen-bond acceptors (Lipinski definition) is 5. The largest absolute Gasteiger partial charge is 0.328 e. The molecule has 5 rings (SSSR count). The third kappa shape index (κ3) is 2.68. The average Bonchev–Trinajstić information content (AvgIpc) is 3.03. The lowest BCUT2D eigenvalue weighted by atomic mass is 10.0. The molecule has 0 N–H and O–H groups in total. The summed E-state index contributed by atoms with van der Waals surface area (Å²) < 4.78 is 14.0. The molecule has 0 radical (unpaired) electrons. The van der Waals surface area contributed by atoms with Gasteiger partial charge in [0.05, 0.1) is 17.8 Å². The lowest BCUT2D eigenvalue weighted by Gasteiger charge is -2.26. The molecule has 2 aliphatic heterocycles. The molecular weight excluding hydrogens is 341 g/mol. The molecule has 0 saturated heterocycles. The molecule has 4 heterocycles. The van der Waals surface area contributed by atoms with Crippen molar-refractivity contribution in [2.24, 2.45) is 4.99 Å².